The quantitative estimate of drug-likeness (QED) is 0.938. The Hall–Kier alpha value is -1.20. The van der Waals surface area contributed by atoms with Crippen LogP contribution in [0.25, 0.3) is 0 Å². The van der Waals surface area contributed by atoms with Gasteiger partial charge in [0, 0.05) is 10.7 Å². The number of nitrogens with one attached hydrogen (secondary N) is 1. The molecule has 0 aliphatic heterocycles. The molecule has 0 saturated carbocycles. The summed E-state index contributed by atoms with van der Waals surface area (Å²) in [6, 6.07) is 5.59. The maximum absolute atomic E-state index is 12.0. The van der Waals surface area contributed by atoms with Crippen molar-refractivity contribution >= 4 is 39.0 Å². The normalized spacial score (nSPS) is 10.2. The van der Waals surface area contributed by atoms with Gasteiger partial charge in [-0.2, -0.15) is 0 Å². The summed E-state index contributed by atoms with van der Waals surface area (Å²) in [5.74, 6) is 0.473. The first-order chi connectivity index (χ1) is 8.20. The van der Waals surface area contributed by atoms with E-state index in [2.05, 4.69) is 26.2 Å². The van der Waals surface area contributed by atoms with Crippen molar-refractivity contribution in [3.8, 4) is 0 Å². The number of pyridine rings is 1. The topological polar surface area (TPSA) is 42.0 Å². The van der Waals surface area contributed by atoms with Gasteiger partial charge in [0.15, 0.2) is 0 Å². The predicted molar refractivity (Wildman–Crippen MR) is 73.6 cm³/mol. The van der Waals surface area contributed by atoms with E-state index in [0.29, 0.717) is 5.82 Å². The van der Waals surface area contributed by atoms with Gasteiger partial charge in [-0.3, -0.25) is 4.79 Å². The molecule has 0 bridgehead atoms. The summed E-state index contributed by atoms with van der Waals surface area (Å²) >= 11 is 4.76. The molecule has 5 heteroatoms. The molecule has 0 aliphatic rings. The van der Waals surface area contributed by atoms with E-state index in [-0.39, 0.29) is 5.91 Å². The number of nitrogens with zero attached hydrogens (tertiary/aromatic N) is 1. The van der Waals surface area contributed by atoms with Crippen LogP contribution >= 0.6 is 27.3 Å². The van der Waals surface area contributed by atoms with Crippen LogP contribution in [0.3, 0.4) is 0 Å². The molecule has 17 heavy (non-hydrogen) atoms. The fourth-order valence-electron chi connectivity index (χ4n) is 1.44. The molecule has 1 N–H and O–H groups in total. The molecular weight excluding hydrogens is 300 g/mol. The Kier molecular flexibility index (Phi) is 3.91. The van der Waals surface area contributed by atoms with E-state index in [1.807, 2.05) is 24.4 Å². The van der Waals surface area contributed by atoms with Crippen LogP contribution in [0.15, 0.2) is 34.2 Å². The van der Waals surface area contributed by atoms with Crippen molar-refractivity contribution in [2.45, 2.75) is 13.3 Å². The number of hydrogen-bond donors (Lipinski definition) is 1. The molecule has 0 fully saturated rings. The molecule has 88 valence electrons. The number of anilines is 1. The van der Waals surface area contributed by atoms with Gasteiger partial charge >= 0.3 is 0 Å². The van der Waals surface area contributed by atoms with Gasteiger partial charge in [-0.1, -0.05) is 6.92 Å². The van der Waals surface area contributed by atoms with Crippen LogP contribution in [0.2, 0.25) is 0 Å². The number of amides is 1. The third-order valence-corrected chi connectivity index (χ3v) is 3.73. The van der Waals surface area contributed by atoms with Crippen LogP contribution in [0.4, 0.5) is 5.82 Å². The van der Waals surface area contributed by atoms with E-state index in [9.17, 15) is 4.79 Å². The lowest BCUT2D eigenvalue weighted by atomic mass is 10.2. The van der Waals surface area contributed by atoms with Gasteiger partial charge < -0.3 is 5.32 Å². The second-order valence-electron chi connectivity index (χ2n) is 3.44. The summed E-state index contributed by atoms with van der Waals surface area (Å²) < 4.78 is 0.890. The van der Waals surface area contributed by atoms with Crippen molar-refractivity contribution < 1.29 is 4.79 Å². The molecule has 0 atom stereocenters. The number of carbonyl (C=O) groups is 1. The van der Waals surface area contributed by atoms with Crippen molar-refractivity contribution in [3.05, 3.63) is 44.7 Å². The van der Waals surface area contributed by atoms with Crippen LogP contribution in [-0.2, 0) is 6.42 Å². The maximum Gasteiger partial charge on any atom is 0.267 e. The minimum absolute atomic E-state index is 0.0910. The predicted octanol–water partition coefficient (Wildman–Crippen LogP) is 3.72. The van der Waals surface area contributed by atoms with E-state index in [1.54, 1.807) is 12.3 Å². The molecule has 0 saturated heterocycles. The third-order valence-electron chi connectivity index (χ3n) is 2.30. The molecule has 1 amide bonds. The van der Waals surface area contributed by atoms with Gasteiger partial charge in [0.25, 0.3) is 5.91 Å². The standard InChI is InChI=1S/C12H11BrN2OS/c1-2-8-5-6-17-11(8)12(16)15-10-4-3-9(13)7-14-10/h3-7H,2H2,1H3,(H,14,15,16). The molecule has 3 nitrogen and oxygen atoms in total. The zero-order valence-corrected chi connectivity index (χ0v) is 11.6. The van der Waals surface area contributed by atoms with Gasteiger partial charge in [0.2, 0.25) is 0 Å². The Labute approximate surface area is 112 Å². The number of rotatable bonds is 3. The van der Waals surface area contributed by atoms with Gasteiger partial charge in [0.05, 0.1) is 4.88 Å². The first kappa shape index (κ1) is 12.3. The Morgan fingerprint density at radius 3 is 2.94 bits per heavy atom. The van der Waals surface area contributed by atoms with Gasteiger partial charge in [-0.15, -0.1) is 11.3 Å². The molecule has 0 aromatic carbocycles. The summed E-state index contributed by atoms with van der Waals surface area (Å²) in [5, 5.41) is 4.72. The summed E-state index contributed by atoms with van der Waals surface area (Å²) in [7, 11) is 0. The van der Waals surface area contributed by atoms with Crippen molar-refractivity contribution in [2.75, 3.05) is 5.32 Å². The number of carbonyl (C=O) groups excluding carboxylic acids is 1. The Morgan fingerprint density at radius 1 is 1.47 bits per heavy atom. The Morgan fingerprint density at radius 2 is 2.29 bits per heavy atom. The first-order valence-electron chi connectivity index (χ1n) is 5.20. The molecule has 0 aliphatic carbocycles. The Balaban J connectivity index is 2.14. The largest absolute Gasteiger partial charge is 0.306 e. The van der Waals surface area contributed by atoms with E-state index in [4.69, 9.17) is 0 Å². The highest BCUT2D eigenvalue weighted by Crippen LogP contribution is 2.19. The van der Waals surface area contributed by atoms with E-state index in [0.717, 1.165) is 21.3 Å². The van der Waals surface area contributed by atoms with Gasteiger partial charge in [-0.05, 0) is 51.5 Å². The highest BCUT2D eigenvalue weighted by molar-refractivity contribution is 9.10. The minimum atomic E-state index is -0.0910. The van der Waals surface area contributed by atoms with Gasteiger partial charge in [0.1, 0.15) is 5.82 Å². The molecule has 0 unspecified atom stereocenters. The van der Waals surface area contributed by atoms with E-state index >= 15 is 0 Å². The molecular formula is C12H11BrN2OS. The van der Waals surface area contributed by atoms with Crippen LogP contribution < -0.4 is 5.32 Å². The smallest absolute Gasteiger partial charge is 0.267 e. The molecule has 2 heterocycles. The fraction of sp³-hybridized carbons (Fsp3) is 0.167. The fourth-order valence-corrected chi connectivity index (χ4v) is 2.56. The summed E-state index contributed by atoms with van der Waals surface area (Å²) in [4.78, 5) is 16.9. The zero-order valence-electron chi connectivity index (χ0n) is 9.24. The van der Waals surface area contributed by atoms with Crippen LogP contribution in [0.1, 0.15) is 22.2 Å². The average Bonchev–Trinajstić information content (AvgIpc) is 2.80. The number of aryl methyl sites for hydroxylation is 1. The maximum atomic E-state index is 12.0. The molecule has 0 radical (unpaired) electrons. The molecule has 2 rings (SSSR count). The number of aromatic nitrogens is 1. The second-order valence-corrected chi connectivity index (χ2v) is 5.28. The zero-order chi connectivity index (χ0) is 12.3. The highest BCUT2D eigenvalue weighted by atomic mass is 79.9. The first-order valence-corrected chi connectivity index (χ1v) is 6.87. The number of halogens is 1. The minimum Gasteiger partial charge on any atom is -0.306 e. The van der Waals surface area contributed by atoms with E-state index in [1.165, 1.54) is 11.3 Å². The average molecular weight is 311 g/mol. The van der Waals surface area contributed by atoms with Crippen molar-refractivity contribution in [2.24, 2.45) is 0 Å². The van der Waals surface area contributed by atoms with Crippen molar-refractivity contribution in [3.63, 3.8) is 0 Å². The monoisotopic (exact) mass is 310 g/mol. The summed E-state index contributed by atoms with van der Waals surface area (Å²) in [6.07, 6.45) is 2.52. The van der Waals surface area contributed by atoms with Crippen LogP contribution in [0, 0.1) is 0 Å². The third kappa shape index (κ3) is 2.92. The van der Waals surface area contributed by atoms with Crippen molar-refractivity contribution in [1.29, 1.82) is 0 Å². The molecule has 2 aromatic rings. The number of thiophene rings is 1. The second kappa shape index (κ2) is 5.42. The summed E-state index contributed by atoms with van der Waals surface area (Å²) in [5.41, 5.74) is 1.07. The van der Waals surface area contributed by atoms with E-state index < -0.39 is 0 Å². The van der Waals surface area contributed by atoms with Crippen LogP contribution in [0.5, 0.6) is 0 Å². The highest BCUT2D eigenvalue weighted by Gasteiger charge is 2.12. The Bertz CT molecular complexity index is 522. The lowest BCUT2D eigenvalue weighted by Crippen LogP contribution is -2.12. The number of hydrogen-bond acceptors (Lipinski definition) is 3. The summed E-state index contributed by atoms with van der Waals surface area (Å²) in [6.45, 7) is 2.04. The lowest BCUT2D eigenvalue weighted by molar-refractivity contribution is 0.102. The van der Waals surface area contributed by atoms with Crippen LogP contribution in [-0.4, -0.2) is 10.9 Å². The van der Waals surface area contributed by atoms with Gasteiger partial charge in [-0.25, -0.2) is 4.98 Å². The lowest BCUT2D eigenvalue weighted by Gasteiger charge is -2.04. The SMILES string of the molecule is CCc1ccsc1C(=O)Nc1ccc(Br)cn1. The van der Waals surface area contributed by atoms with Crippen molar-refractivity contribution in [1.82, 2.24) is 4.98 Å². The molecule has 2 aromatic heterocycles. The molecule has 0 spiro atoms.